The molecule has 4 aromatic rings. The first-order valence-electron chi connectivity index (χ1n) is 10.9. The van der Waals surface area contributed by atoms with E-state index in [0.29, 0.717) is 40.2 Å². The van der Waals surface area contributed by atoms with Crippen molar-refractivity contribution in [2.75, 3.05) is 20.2 Å². The average Bonchev–Trinajstić information content (AvgIpc) is 3.29. The lowest BCUT2D eigenvalue weighted by atomic mass is 10.0. The normalized spacial score (nSPS) is 11.1. The van der Waals surface area contributed by atoms with Crippen LogP contribution in [0.2, 0.25) is 0 Å². The smallest absolute Gasteiger partial charge is 0.317 e. The molecule has 4 rings (SSSR count). The van der Waals surface area contributed by atoms with Gasteiger partial charge in [0.1, 0.15) is 17.4 Å². The minimum absolute atomic E-state index is 0.177. The Morgan fingerprint density at radius 2 is 1.86 bits per heavy atom. The van der Waals surface area contributed by atoms with Crippen LogP contribution in [0.3, 0.4) is 0 Å². The maximum atomic E-state index is 14.4. The number of aromatic nitrogens is 2. The topological polar surface area (TPSA) is 88.7 Å². The van der Waals surface area contributed by atoms with Crippen molar-refractivity contribution in [1.82, 2.24) is 15.0 Å². The van der Waals surface area contributed by atoms with Gasteiger partial charge in [-0.3, -0.25) is 9.69 Å². The Kier molecular flexibility index (Phi) is 7.17. The quantitative estimate of drug-likeness (QED) is 0.350. The van der Waals surface area contributed by atoms with Crippen LogP contribution in [0.4, 0.5) is 8.78 Å². The van der Waals surface area contributed by atoms with Crippen molar-refractivity contribution in [3.8, 4) is 39.7 Å². The molecule has 1 aromatic heterocycles. The van der Waals surface area contributed by atoms with Crippen molar-refractivity contribution in [2.24, 2.45) is 0 Å². The van der Waals surface area contributed by atoms with E-state index in [1.54, 1.807) is 54.4 Å². The molecule has 0 aliphatic rings. The molecule has 35 heavy (non-hydrogen) atoms. The number of rotatable bonds is 9. The monoisotopic (exact) mass is 479 g/mol. The second kappa shape index (κ2) is 10.4. The highest BCUT2D eigenvalue weighted by Crippen LogP contribution is 2.35. The van der Waals surface area contributed by atoms with E-state index in [1.807, 2.05) is 6.92 Å². The number of halogens is 2. The lowest BCUT2D eigenvalue weighted by Crippen LogP contribution is -2.25. The van der Waals surface area contributed by atoms with Gasteiger partial charge in [0, 0.05) is 28.8 Å². The van der Waals surface area contributed by atoms with Crippen molar-refractivity contribution in [3.05, 3.63) is 77.9 Å². The fourth-order valence-electron chi connectivity index (χ4n) is 3.76. The Morgan fingerprint density at radius 3 is 2.60 bits per heavy atom. The minimum atomic E-state index is -0.973. The molecule has 0 amide bonds. The number of likely N-dealkylation sites (N-methyl/N-ethyl adjacent to an activating group) is 1. The molecule has 7 nitrogen and oxygen atoms in total. The summed E-state index contributed by atoms with van der Waals surface area (Å²) in [6.45, 7) is 2.26. The number of aliphatic carboxylic acids is 1. The van der Waals surface area contributed by atoms with Crippen molar-refractivity contribution >= 4 is 5.97 Å². The van der Waals surface area contributed by atoms with Gasteiger partial charge in [-0.2, -0.15) is 4.98 Å². The van der Waals surface area contributed by atoms with Crippen LogP contribution < -0.4 is 4.74 Å². The largest absolute Gasteiger partial charge is 0.493 e. The van der Waals surface area contributed by atoms with Crippen molar-refractivity contribution in [1.29, 1.82) is 0 Å². The summed E-state index contributed by atoms with van der Waals surface area (Å²) < 4.78 is 39.8. The van der Waals surface area contributed by atoms with Crippen LogP contribution in [-0.2, 0) is 11.3 Å². The maximum absolute atomic E-state index is 14.4. The number of carboxylic acids is 1. The first-order valence-corrected chi connectivity index (χ1v) is 10.9. The third kappa shape index (κ3) is 5.70. The maximum Gasteiger partial charge on any atom is 0.317 e. The number of nitrogens with zero attached hydrogens (tertiary/aromatic N) is 3. The zero-order valence-electron chi connectivity index (χ0n) is 19.2. The van der Waals surface area contributed by atoms with Gasteiger partial charge in [-0.25, -0.2) is 8.78 Å². The van der Waals surface area contributed by atoms with E-state index in [2.05, 4.69) is 10.1 Å². The molecule has 0 radical (unpaired) electrons. The molecule has 0 aliphatic heterocycles. The lowest BCUT2D eigenvalue weighted by Gasteiger charge is -2.14. The van der Waals surface area contributed by atoms with E-state index in [0.717, 1.165) is 0 Å². The number of hydrogen-bond acceptors (Lipinski definition) is 6. The molecule has 0 saturated carbocycles. The minimum Gasteiger partial charge on any atom is -0.493 e. The van der Waals surface area contributed by atoms with Crippen molar-refractivity contribution in [3.63, 3.8) is 0 Å². The SMILES string of the molecule is CCOc1cc(-c2nc(-c3cc(F)cc(CN(C)CC(=O)O)c3)no2)ccc1-c1ccccc1F. The van der Waals surface area contributed by atoms with Gasteiger partial charge in [0.2, 0.25) is 5.82 Å². The van der Waals surface area contributed by atoms with Crippen LogP contribution in [0, 0.1) is 11.6 Å². The molecular weight excluding hydrogens is 456 g/mol. The summed E-state index contributed by atoms with van der Waals surface area (Å²) in [5.74, 6) is -1.01. The van der Waals surface area contributed by atoms with E-state index < -0.39 is 11.8 Å². The molecular formula is C26H23F2N3O4. The number of carbonyl (C=O) groups is 1. The Hall–Kier alpha value is -4.11. The molecule has 0 bridgehead atoms. The van der Waals surface area contributed by atoms with Crippen LogP contribution in [0.5, 0.6) is 5.75 Å². The molecule has 0 saturated heterocycles. The summed E-state index contributed by atoms with van der Waals surface area (Å²) in [5, 5.41) is 12.9. The van der Waals surface area contributed by atoms with Gasteiger partial charge in [-0.15, -0.1) is 0 Å². The zero-order chi connectivity index (χ0) is 24.9. The first kappa shape index (κ1) is 24.0. The third-order valence-electron chi connectivity index (χ3n) is 5.19. The summed E-state index contributed by atoms with van der Waals surface area (Å²) >= 11 is 0. The zero-order valence-corrected chi connectivity index (χ0v) is 19.2. The second-order valence-electron chi connectivity index (χ2n) is 7.96. The van der Waals surface area contributed by atoms with Gasteiger partial charge >= 0.3 is 5.97 Å². The van der Waals surface area contributed by atoms with Crippen LogP contribution >= 0.6 is 0 Å². The molecule has 1 heterocycles. The molecule has 1 N–H and O–H groups in total. The molecule has 0 unspecified atom stereocenters. The van der Waals surface area contributed by atoms with Crippen LogP contribution in [0.15, 0.2) is 65.2 Å². The van der Waals surface area contributed by atoms with Gasteiger partial charge in [-0.1, -0.05) is 23.4 Å². The molecule has 0 spiro atoms. The van der Waals surface area contributed by atoms with Crippen molar-refractivity contribution < 1.29 is 27.9 Å². The predicted octanol–water partition coefficient (Wildman–Crippen LogP) is 5.26. The summed E-state index contributed by atoms with van der Waals surface area (Å²) in [6.07, 6.45) is 0. The Labute approximate surface area is 200 Å². The van der Waals surface area contributed by atoms with Gasteiger partial charge < -0.3 is 14.4 Å². The van der Waals surface area contributed by atoms with Gasteiger partial charge in [-0.05, 0) is 62.0 Å². The van der Waals surface area contributed by atoms with E-state index >= 15 is 0 Å². The first-order chi connectivity index (χ1) is 16.8. The van der Waals surface area contributed by atoms with Gasteiger partial charge in [0.15, 0.2) is 0 Å². The van der Waals surface area contributed by atoms with Crippen LogP contribution in [0.1, 0.15) is 12.5 Å². The highest BCUT2D eigenvalue weighted by atomic mass is 19.1. The fraction of sp³-hybridized carbons (Fsp3) is 0.192. The molecule has 3 aromatic carbocycles. The van der Waals surface area contributed by atoms with E-state index in [1.165, 1.54) is 18.2 Å². The second-order valence-corrected chi connectivity index (χ2v) is 7.96. The number of carboxylic acid groups (broad SMARTS) is 1. The molecule has 180 valence electrons. The van der Waals surface area contributed by atoms with Gasteiger partial charge in [0.05, 0.1) is 13.2 Å². The lowest BCUT2D eigenvalue weighted by molar-refractivity contribution is -0.138. The number of ether oxygens (including phenoxy) is 1. The number of hydrogen-bond donors (Lipinski definition) is 1. The van der Waals surface area contributed by atoms with E-state index in [9.17, 15) is 13.6 Å². The third-order valence-corrected chi connectivity index (χ3v) is 5.19. The molecule has 0 atom stereocenters. The van der Waals surface area contributed by atoms with Crippen LogP contribution in [0.25, 0.3) is 34.0 Å². The molecule has 9 heteroatoms. The summed E-state index contributed by atoms with van der Waals surface area (Å²) in [4.78, 5) is 16.9. The fourth-order valence-corrected chi connectivity index (χ4v) is 3.76. The summed E-state index contributed by atoms with van der Waals surface area (Å²) in [5.41, 5.74) is 2.53. The Morgan fingerprint density at radius 1 is 1.06 bits per heavy atom. The van der Waals surface area contributed by atoms with Gasteiger partial charge in [0.25, 0.3) is 5.89 Å². The predicted molar refractivity (Wildman–Crippen MR) is 126 cm³/mol. The molecule has 0 fully saturated rings. The average molecular weight is 479 g/mol. The molecule has 0 aliphatic carbocycles. The Bertz CT molecular complexity index is 1360. The Balaban J connectivity index is 1.64. The highest BCUT2D eigenvalue weighted by Gasteiger charge is 2.17. The number of benzene rings is 3. The highest BCUT2D eigenvalue weighted by molar-refractivity contribution is 5.75. The van der Waals surface area contributed by atoms with Crippen LogP contribution in [-0.4, -0.2) is 46.3 Å². The van der Waals surface area contributed by atoms with E-state index in [-0.39, 0.29) is 30.6 Å². The summed E-state index contributed by atoms with van der Waals surface area (Å²) in [6, 6.07) is 15.9. The van der Waals surface area contributed by atoms with Crippen molar-refractivity contribution in [2.45, 2.75) is 13.5 Å². The standard InChI is InChI=1S/C26H23F2N3O4/c1-3-34-23-13-17(8-9-21(23)20-6-4-5-7-22(20)28)26-29-25(30-35-26)18-10-16(11-19(27)12-18)14-31(2)15-24(32)33/h4-13H,3,14-15H2,1-2H3,(H,32,33). The van der Waals surface area contributed by atoms with E-state index in [4.69, 9.17) is 14.4 Å². The summed E-state index contributed by atoms with van der Waals surface area (Å²) in [7, 11) is 1.63.